The number of aliphatic hydroxyl groups is 1. The first-order valence-corrected chi connectivity index (χ1v) is 11.2. The van der Waals surface area contributed by atoms with E-state index < -0.39 is 13.0 Å². The van der Waals surface area contributed by atoms with Crippen LogP contribution in [0.4, 0.5) is 24.9 Å². The molecule has 1 saturated carbocycles. The number of fused-ring (bicyclic) bond motifs is 1. The molecule has 172 valence electrons. The molecule has 4 rings (SSSR count). The predicted octanol–water partition coefficient (Wildman–Crippen LogP) is 4.58. The Morgan fingerprint density at radius 2 is 2.00 bits per heavy atom. The van der Waals surface area contributed by atoms with Gasteiger partial charge in [0.15, 0.2) is 0 Å². The summed E-state index contributed by atoms with van der Waals surface area (Å²) in [4.78, 5) is 13.7. The van der Waals surface area contributed by atoms with Crippen molar-refractivity contribution in [2.45, 2.75) is 38.6 Å². The molecule has 2 atom stereocenters. The van der Waals surface area contributed by atoms with Crippen molar-refractivity contribution < 1.29 is 23.0 Å². The molecule has 1 aliphatic rings. The molecule has 1 aliphatic carbocycles. The Hall–Kier alpha value is -2.50. The number of rotatable bonds is 8. The zero-order chi connectivity index (χ0) is 22.7. The summed E-state index contributed by atoms with van der Waals surface area (Å²) in [6.45, 7) is 1.35. The van der Waals surface area contributed by atoms with Gasteiger partial charge in [-0.25, -0.2) is 9.97 Å². The summed E-state index contributed by atoms with van der Waals surface area (Å²) in [5, 5.41) is 16.5. The smallest absolute Gasteiger partial charge is 0.396 e. The molecule has 7 nitrogen and oxygen atoms in total. The van der Waals surface area contributed by atoms with Gasteiger partial charge in [0.05, 0.1) is 28.1 Å². The first kappa shape index (κ1) is 22.7. The number of thiazole rings is 1. The second-order valence-electron chi connectivity index (χ2n) is 7.77. The average Bonchev–Trinajstić information content (AvgIpc) is 3.36. The number of benzene rings is 1. The largest absolute Gasteiger partial charge is 0.522 e. The van der Waals surface area contributed by atoms with Gasteiger partial charge in [0, 0.05) is 19.2 Å². The number of nitrogens with zero attached hydrogens (tertiary/aromatic N) is 3. The van der Waals surface area contributed by atoms with Crippen LogP contribution in [0.3, 0.4) is 0 Å². The summed E-state index contributed by atoms with van der Waals surface area (Å²) in [7, 11) is 0. The lowest BCUT2D eigenvalue weighted by molar-refractivity contribution is -0.322. The van der Waals surface area contributed by atoms with Crippen LogP contribution in [0.2, 0.25) is 0 Å². The van der Waals surface area contributed by atoms with Crippen molar-refractivity contribution in [1.29, 1.82) is 0 Å². The third-order valence-electron chi connectivity index (χ3n) is 5.39. The molecule has 0 radical (unpaired) electrons. The molecule has 32 heavy (non-hydrogen) atoms. The Balaban J connectivity index is 1.61. The first-order chi connectivity index (χ1) is 15.3. The van der Waals surface area contributed by atoms with E-state index in [1.54, 1.807) is 0 Å². The molecule has 2 unspecified atom stereocenters. The summed E-state index contributed by atoms with van der Waals surface area (Å²) in [5.41, 5.74) is 2.32. The number of aromatic nitrogens is 3. The van der Waals surface area contributed by atoms with E-state index in [4.69, 9.17) is 4.98 Å². The summed E-state index contributed by atoms with van der Waals surface area (Å²) >= 11 is 1.54. The van der Waals surface area contributed by atoms with Crippen LogP contribution in [-0.4, -0.2) is 52.2 Å². The zero-order valence-electron chi connectivity index (χ0n) is 17.4. The number of halogens is 3. The van der Waals surface area contributed by atoms with Gasteiger partial charge in [-0.1, -0.05) is 12.1 Å². The van der Waals surface area contributed by atoms with E-state index in [1.165, 1.54) is 11.3 Å². The van der Waals surface area contributed by atoms with Crippen molar-refractivity contribution >= 4 is 33.3 Å². The van der Waals surface area contributed by atoms with Crippen LogP contribution in [0, 0.1) is 12.8 Å². The number of hydrogen-bond acceptors (Lipinski definition) is 8. The van der Waals surface area contributed by atoms with Crippen LogP contribution < -0.4 is 10.6 Å². The van der Waals surface area contributed by atoms with Gasteiger partial charge in [-0.15, -0.1) is 24.5 Å². The van der Waals surface area contributed by atoms with Gasteiger partial charge < -0.3 is 15.7 Å². The number of alkyl halides is 3. The highest BCUT2D eigenvalue weighted by Gasteiger charge is 2.29. The van der Waals surface area contributed by atoms with Gasteiger partial charge in [0.1, 0.15) is 10.8 Å². The fourth-order valence-corrected chi connectivity index (χ4v) is 4.95. The monoisotopic (exact) mass is 467 g/mol. The normalized spacial score (nSPS) is 18.9. The highest BCUT2D eigenvalue weighted by Crippen LogP contribution is 2.37. The molecule has 1 fully saturated rings. The Labute approximate surface area is 187 Å². The highest BCUT2D eigenvalue weighted by molar-refractivity contribution is 7.21. The van der Waals surface area contributed by atoms with Crippen molar-refractivity contribution in [3.8, 4) is 10.6 Å². The van der Waals surface area contributed by atoms with Crippen molar-refractivity contribution in [3.63, 3.8) is 0 Å². The van der Waals surface area contributed by atoms with E-state index in [1.807, 2.05) is 31.2 Å². The number of aryl methyl sites for hydroxylation is 1. The molecular weight excluding hydrogens is 443 g/mol. The van der Waals surface area contributed by atoms with Crippen LogP contribution in [-0.2, 0) is 4.74 Å². The average molecular weight is 468 g/mol. The maximum Gasteiger partial charge on any atom is 0.522 e. The fraction of sp³-hybridized carbons (Fsp3) is 0.476. The lowest BCUT2D eigenvalue weighted by Gasteiger charge is -2.18. The summed E-state index contributed by atoms with van der Waals surface area (Å²) < 4.78 is 41.5. The van der Waals surface area contributed by atoms with E-state index in [-0.39, 0.29) is 31.1 Å². The highest BCUT2D eigenvalue weighted by atomic mass is 32.1. The van der Waals surface area contributed by atoms with E-state index in [9.17, 15) is 18.3 Å². The Morgan fingerprint density at radius 1 is 1.19 bits per heavy atom. The van der Waals surface area contributed by atoms with Crippen LogP contribution in [0.15, 0.2) is 24.3 Å². The SMILES string of the molecule is Cc1nc(NCCOC(F)(F)F)nc(NC2CCC(CO)C2)c1-c1nc2ccccc2s1. The van der Waals surface area contributed by atoms with E-state index in [2.05, 4.69) is 25.3 Å². The number of ether oxygens (including phenoxy) is 1. The van der Waals surface area contributed by atoms with Crippen molar-refractivity contribution in [1.82, 2.24) is 15.0 Å². The fourth-order valence-electron chi connectivity index (χ4n) is 3.89. The standard InChI is InChI=1S/C21H24F3N5O2S/c1-12-17(19-28-15-4-2-3-5-16(15)32-19)18(27-14-7-6-13(10-14)11-30)29-20(26-12)25-8-9-31-21(22,23)24/h2-5,13-14,30H,6-11H2,1H3,(H2,25,26,27,29). The van der Waals surface area contributed by atoms with Gasteiger partial charge in [-0.2, -0.15) is 4.98 Å². The van der Waals surface area contributed by atoms with Crippen molar-refractivity contribution in [3.05, 3.63) is 30.0 Å². The molecule has 0 amide bonds. The molecule has 2 heterocycles. The van der Waals surface area contributed by atoms with Gasteiger partial charge in [0.25, 0.3) is 0 Å². The summed E-state index contributed by atoms with van der Waals surface area (Å²) in [6, 6.07) is 7.96. The third kappa shape index (κ3) is 5.45. The summed E-state index contributed by atoms with van der Waals surface area (Å²) in [5.74, 6) is 1.05. The Kier molecular flexibility index (Phi) is 6.77. The molecule has 0 bridgehead atoms. The van der Waals surface area contributed by atoms with Gasteiger partial charge in [-0.05, 0) is 44.2 Å². The Bertz CT molecular complexity index is 1040. The van der Waals surface area contributed by atoms with Gasteiger partial charge in [-0.3, -0.25) is 4.74 Å². The first-order valence-electron chi connectivity index (χ1n) is 10.4. The maximum atomic E-state index is 12.2. The second-order valence-corrected chi connectivity index (χ2v) is 8.80. The number of para-hydroxylation sites is 1. The lowest BCUT2D eigenvalue weighted by atomic mass is 10.1. The van der Waals surface area contributed by atoms with Crippen LogP contribution in [0.1, 0.15) is 25.0 Å². The van der Waals surface area contributed by atoms with Crippen molar-refractivity contribution in [2.24, 2.45) is 5.92 Å². The summed E-state index contributed by atoms with van der Waals surface area (Å²) in [6.07, 6.45) is -2.03. The van der Waals surface area contributed by atoms with Crippen LogP contribution >= 0.6 is 11.3 Å². The minimum atomic E-state index is -4.67. The number of nitrogens with one attached hydrogen (secondary N) is 2. The van der Waals surface area contributed by atoms with Crippen molar-refractivity contribution in [2.75, 3.05) is 30.4 Å². The number of hydrogen-bond donors (Lipinski definition) is 3. The second kappa shape index (κ2) is 9.55. The van der Waals surface area contributed by atoms with E-state index >= 15 is 0 Å². The molecule has 11 heteroatoms. The number of anilines is 2. The molecule has 2 aromatic heterocycles. The third-order valence-corrected chi connectivity index (χ3v) is 6.44. The molecular formula is C21H24F3N5O2S. The molecule has 1 aromatic carbocycles. The molecule has 3 N–H and O–H groups in total. The van der Waals surface area contributed by atoms with E-state index in [0.29, 0.717) is 11.5 Å². The van der Waals surface area contributed by atoms with Gasteiger partial charge >= 0.3 is 6.36 Å². The van der Waals surface area contributed by atoms with Crippen LogP contribution in [0.25, 0.3) is 20.8 Å². The quantitative estimate of drug-likeness (QED) is 0.418. The minimum Gasteiger partial charge on any atom is -0.396 e. The lowest BCUT2D eigenvalue weighted by Crippen LogP contribution is -2.21. The zero-order valence-corrected chi connectivity index (χ0v) is 18.3. The number of aliphatic hydroxyl groups excluding tert-OH is 1. The molecule has 0 aliphatic heterocycles. The Morgan fingerprint density at radius 3 is 2.72 bits per heavy atom. The molecule has 0 saturated heterocycles. The van der Waals surface area contributed by atoms with Gasteiger partial charge in [0.2, 0.25) is 5.95 Å². The predicted molar refractivity (Wildman–Crippen MR) is 118 cm³/mol. The molecule has 0 spiro atoms. The topological polar surface area (TPSA) is 92.2 Å². The van der Waals surface area contributed by atoms with E-state index in [0.717, 1.165) is 40.1 Å². The van der Waals surface area contributed by atoms with Crippen LogP contribution in [0.5, 0.6) is 0 Å². The molecule has 3 aromatic rings. The minimum absolute atomic E-state index is 0.0884. The maximum absolute atomic E-state index is 12.2.